The number of alkyl halides is 1. The Morgan fingerprint density at radius 1 is 0.980 bits per heavy atom. The van der Waals surface area contributed by atoms with Gasteiger partial charge < -0.3 is 14.5 Å². The van der Waals surface area contributed by atoms with Crippen LogP contribution in [0.2, 0.25) is 0 Å². The Kier molecular flexibility index (Phi) is 9.77. The first-order chi connectivity index (χ1) is 24.2. The number of aryl methyl sites for hydroxylation is 2. The fourth-order valence-corrected chi connectivity index (χ4v) is 7.55. The number of aromatic nitrogens is 5. The molecule has 4 heterocycles. The van der Waals surface area contributed by atoms with Crippen molar-refractivity contribution in [2.24, 2.45) is 5.92 Å². The van der Waals surface area contributed by atoms with Gasteiger partial charge in [-0.2, -0.15) is 14.9 Å². The van der Waals surface area contributed by atoms with E-state index in [9.17, 15) is 9.18 Å². The molecule has 0 saturated carbocycles. The first-order valence-electron chi connectivity index (χ1n) is 17.9. The number of benzene rings is 2. The third-order valence-corrected chi connectivity index (χ3v) is 10.7. The Labute approximate surface area is 292 Å². The van der Waals surface area contributed by atoms with Gasteiger partial charge in [0.05, 0.1) is 24.5 Å². The molecule has 0 bridgehead atoms. The Bertz CT molecular complexity index is 1890. The molecule has 3 aliphatic rings. The molecule has 1 aliphatic carbocycles. The summed E-state index contributed by atoms with van der Waals surface area (Å²) < 4.78 is 40.5. The molecule has 2 aromatic heterocycles. The average Bonchev–Trinajstić information content (AvgIpc) is 3.85. The van der Waals surface area contributed by atoms with Gasteiger partial charge in [0.15, 0.2) is 0 Å². The second kappa shape index (κ2) is 14.4. The highest BCUT2D eigenvalue weighted by Gasteiger charge is 2.45. The Hall–Kier alpha value is -4.51. The van der Waals surface area contributed by atoms with Gasteiger partial charge in [0.1, 0.15) is 23.9 Å². The summed E-state index contributed by atoms with van der Waals surface area (Å²) in [6, 6.07) is 19.0. The molecule has 0 radical (unpaired) electrons. The molecule has 4 atom stereocenters. The van der Waals surface area contributed by atoms with Crippen LogP contribution in [0.4, 0.5) is 20.2 Å². The largest absolute Gasteiger partial charge is 0.368 e. The number of rotatable bonds is 11. The highest BCUT2D eigenvalue weighted by atomic mass is 19.1. The number of anilines is 2. The molecule has 50 heavy (non-hydrogen) atoms. The van der Waals surface area contributed by atoms with E-state index in [0.717, 1.165) is 62.5 Å². The van der Waals surface area contributed by atoms with Gasteiger partial charge in [-0.25, -0.2) is 13.6 Å². The van der Waals surface area contributed by atoms with Crippen LogP contribution in [0, 0.1) is 12.8 Å². The molecular formula is C39H47F2N7O2. The summed E-state index contributed by atoms with van der Waals surface area (Å²) >= 11 is 0. The molecule has 2 aliphatic heterocycles. The Balaban J connectivity index is 0.925. The number of ether oxygens (including phenoxy) is 1. The molecular weight excluding hydrogens is 636 g/mol. The van der Waals surface area contributed by atoms with Crippen LogP contribution < -0.4 is 15.5 Å². The fraction of sp³-hybridized carbons (Fsp3) is 0.462. The van der Waals surface area contributed by atoms with E-state index in [0.29, 0.717) is 25.1 Å². The zero-order valence-electron chi connectivity index (χ0n) is 29.2. The van der Waals surface area contributed by atoms with Crippen molar-refractivity contribution in [3.63, 3.8) is 0 Å². The lowest BCUT2D eigenvalue weighted by molar-refractivity contribution is 0.0171. The molecule has 2 fully saturated rings. The third kappa shape index (κ3) is 7.06. The number of allylic oxidation sites excluding steroid dienone is 2. The average molecular weight is 684 g/mol. The standard InChI is InChI=1S/C39H47F2N7O2/c1-4-29(3)47-27-42-48(38(47)49)35-14-12-34(13-15-35)45-21-19-44(20-22-45)33-10-7-30(8-11-33)5-6-31-24-39(50-25-31,26-46-18-17-28(2)43-46)36-16-9-32(40)23-37(36)41/h7-18,27,29,31-32H,4-6,19-26H2,1-3H3. The van der Waals surface area contributed by atoms with Crippen molar-refractivity contribution in [1.29, 1.82) is 0 Å². The molecule has 264 valence electrons. The molecule has 2 aromatic carbocycles. The molecule has 0 spiro atoms. The van der Waals surface area contributed by atoms with Crippen molar-refractivity contribution in [2.45, 2.75) is 77.2 Å². The smallest absolute Gasteiger partial charge is 0.350 e. The summed E-state index contributed by atoms with van der Waals surface area (Å²) in [5.74, 6) is -0.161. The first-order valence-corrected chi connectivity index (χ1v) is 17.9. The summed E-state index contributed by atoms with van der Waals surface area (Å²) in [4.78, 5) is 17.6. The van der Waals surface area contributed by atoms with Crippen LogP contribution in [-0.2, 0) is 17.7 Å². The van der Waals surface area contributed by atoms with Crippen LogP contribution in [0.15, 0.2) is 95.5 Å². The van der Waals surface area contributed by atoms with Crippen LogP contribution in [0.25, 0.3) is 5.69 Å². The topological polar surface area (TPSA) is 73.4 Å². The minimum atomic E-state index is -1.30. The molecule has 0 N–H and O–H groups in total. The number of halogens is 2. The van der Waals surface area contributed by atoms with E-state index in [-0.39, 0.29) is 24.1 Å². The number of hydrogen-bond acceptors (Lipinski definition) is 6. The lowest BCUT2D eigenvalue weighted by atomic mass is 9.82. The highest BCUT2D eigenvalue weighted by Crippen LogP contribution is 2.43. The second-order valence-corrected chi connectivity index (χ2v) is 14.1. The zero-order chi connectivity index (χ0) is 34.8. The Morgan fingerprint density at radius 3 is 2.26 bits per heavy atom. The quantitative estimate of drug-likeness (QED) is 0.174. The van der Waals surface area contributed by atoms with Crippen molar-refractivity contribution in [3.05, 3.63) is 112 Å². The second-order valence-electron chi connectivity index (χ2n) is 14.1. The van der Waals surface area contributed by atoms with E-state index in [1.807, 2.05) is 42.9 Å². The van der Waals surface area contributed by atoms with Crippen molar-refractivity contribution >= 4 is 11.4 Å². The third-order valence-electron chi connectivity index (χ3n) is 10.7. The first kappa shape index (κ1) is 34.0. The zero-order valence-corrected chi connectivity index (χ0v) is 29.2. The van der Waals surface area contributed by atoms with E-state index in [2.05, 4.69) is 63.3 Å². The molecule has 4 unspecified atom stereocenters. The summed E-state index contributed by atoms with van der Waals surface area (Å²) in [6.07, 6.45) is 8.40. The summed E-state index contributed by atoms with van der Waals surface area (Å²) in [7, 11) is 0. The fourth-order valence-electron chi connectivity index (χ4n) is 7.55. The maximum absolute atomic E-state index is 15.2. The van der Waals surface area contributed by atoms with E-state index in [4.69, 9.17) is 4.74 Å². The van der Waals surface area contributed by atoms with E-state index in [1.165, 1.54) is 22.0 Å². The lowest BCUT2D eigenvalue weighted by Crippen LogP contribution is -2.46. The van der Waals surface area contributed by atoms with Gasteiger partial charge in [-0.15, -0.1) is 0 Å². The van der Waals surface area contributed by atoms with Crippen molar-refractivity contribution in [1.82, 2.24) is 24.1 Å². The van der Waals surface area contributed by atoms with E-state index >= 15 is 4.39 Å². The van der Waals surface area contributed by atoms with Crippen LogP contribution in [-0.4, -0.2) is 68.7 Å². The molecule has 2 saturated heterocycles. The van der Waals surface area contributed by atoms with Crippen LogP contribution in [0.5, 0.6) is 0 Å². The van der Waals surface area contributed by atoms with Gasteiger partial charge in [0, 0.05) is 61.8 Å². The van der Waals surface area contributed by atoms with Gasteiger partial charge in [-0.05, 0) is 99.6 Å². The maximum atomic E-state index is 15.2. The van der Waals surface area contributed by atoms with Crippen molar-refractivity contribution in [2.75, 3.05) is 42.6 Å². The van der Waals surface area contributed by atoms with Crippen molar-refractivity contribution in [3.8, 4) is 5.69 Å². The van der Waals surface area contributed by atoms with E-state index in [1.54, 1.807) is 17.0 Å². The number of nitrogens with zero attached hydrogens (tertiary/aromatic N) is 7. The summed E-state index contributed by atoms with van der Waals surface area (Å²) in [5.41, 5.74) is 4.79. The molecule has 7 rings (SSSR count). The number of piperazine rings is 1. The molecule has 4 aromatic rings. The maximum Gasteiger partial charge on any atom is 0.350 e. The lowest BCUT2D eigenvalue weighted by Gasteiger charge is -2.37. The summed E-state index contributed by atoms with van der Waals surface area (Å²) in [6.45, 7) is 10.6. The van der Waals surface area contributed by atoms with E-state index < -0.39 is 17.6 Å². The predicted octanol–water partition coefficient (Wildman–Crippen LogP) is 6.77. The van der Waals surface area contributed by atoms with Gasteiger partial charge >= 0.3 is 5.69 Å². The predicted molar refractivity (Wildman–Crippen MR) is 193 cm³/mol. The van der Waals surface area contributed by atoms with Crippen LogP contribution >= 0.6 is 0 Å². The minimum absolute atomic E-state index is 0.113. The van der Waals surface area contributed by atoms with Gasteiger partial charge in [-0.3, -0.25) is 9.25 Å². The highest BCUT2D eigenvalue weighted by molar-refractivity contribution is 5.54. The normalized spacial score (nSPS) is 23.2. The summed E-state index contributed by atoms with van der Waals surface area (Å²) in [5, 5.41) is 8.87. The number of hydrogen-bond donors (Lipinski definition) is 0. The van der Waals surface area contributed by atoms with Gasteiger partial charge in [-0.1, -0.05) is 25.1 Å². The monoisotopic (exact) mass is 683 g/mol. The minimum Gasteiger partial charge on any atom is -0.368 e. The van der Waals surface area contributed by atoms with Crippen LogP contribution in [0.1, 0.15) is 56.8 Å². The molecule has 9 nitrogen and oxygen atoms in total. The Morgan fingerprint density at radius 2 is 1.64 bits per heavy atom. The van der Waals surface area contributed by atoms with Crippen molar-refractivity contribution < 1.29 is 13.5 Å². The van der Waals surface area contributed by atoms with Gasteiger partial charge in [0.2, 0.25) is 0 Å². The molecule has 11 heteroatoms. The molecule has 0 amide bonds. The van der Waals surface area contributed by atoms with Crippen LogP contribution in [0.3, 0.4) is 0 Å². The van der Waals surface area contributed by atoms with Gasteiger partial charge in [0.25, 0.3) is 0 Å². The SMILES string of the molecule is CCC(C)n1cnn(-c2ccc(N3CCN(c4ccc(CCC5COC(Cn6ccc(C)n6)(C6=C(F)CC(F)C=C6)C5)cc4)CC3)cc2)c1=O.